The summed E-state index contributed by atoms with van der Waals surface area (Å²) < 4.78 is 11.1. The number of hydrazone groups is 1. The Bertz CT molecular complexity index is 1410. The Balaban J connectivity index is 1.48. The lowest BCUT2D eigenvalue weighted by Crippen LogP contribution is -2.17. The fraction of sp³-hybridized carbons (Fsp3) is 0.405. The van der Waals surface area contributed by atoms with E-state index in [-0.39, 0.29) is 23.0 Å². The zero-order chi connectivity index (χ0) is 33.0. The lowest BCUT2D eigenvalue weighted by atomic mass is 10.0. The summed E-state index contributed by atoms with van der Waals surface area (Å²) in [5, 5.41) is 5.04. The van der Waals surface area contributed by atoms with Crippen molar-refractivity contribution in [2.45, 2.75) is 96.8 Å². The number of halogens is 2. The highest BCUT2D eigenvalue weighted by Gasteiger charge is 2.15. The summed E-state index contributed by atoms with van der Waals surface area (Å²) in [6.45, 7) is 2.25. The molecule has 0 aliphatic rings. The molecule has 3 aromatic rings. The van der Waals surface area contributed by atoms with Gasteiger partial charge in [-0.05, 0) is 67.1 Å². The molecule has 0 heterocycles. The van der Waals surface area contributed by atoms with Gasteiger partial charge in [0.25, 0.3) is 0 Å². The van der Waals surface area contributed by atoms with Gasteiger partial charge < -0.3 is 9.47 Å². The molecule has 0 bridgehead atoms. The molecule has 46 heavy (non-hydrogen) atoms. The van der Waals surface area contributed by atoms with E-state index in [1.807, 2.05) is 0 Å². The Morgan fingerprint density at radius 2 is 1.13 bits per heavy atom. The van der Waals surface area contributed by atoms with Gasteiger partial charge in [0.2, 0.25) is 5.91 Å². The second-order valence-electron chi connectivity index (χ2n) is 11.3. The van der Waals surface area contributed by atoms with Crippen molar-refractivity contribution in [3.63, 3.8) is 0 Å². The van der Waals surface area contributed by atoms with E-state index in [0.717, 1.165) is 19.3 Å². The molecule has 246 valence electrons. The van der Waals surface area contributed by atoms with Crippen LogP contribution in [0.5, 0.6) is 11.5 Å². The maximum absolute atomic E-state index is 12.8. The fourth-order valence-electron chi connectivity index (χ4n) is 4.80. The summed E-state index contributed by atoms with van der Waals surface area (Å²) in [4.78, 5) is 37.8. The van der Waals surface area contributed by atoms with Crippen LogP contribution in [0.1, 0.15) is 123 Å². The molecule has 1 N–H and O–H groups in total. The van der Waals surface area contributed by atoms with Gasteiger partial charge in [0.15, 0.2) is 0 Å². The second kappa shape index (κ2) is 21.2. The largest absolute Gasteiger partial charge is 0.423 e. The van der Waals surface area contributed by atoms with Crippen LogP contribution >= 0.6 is 23.2 Å². The summed E-state index contributed by atoms with van der Waals surface area (Å²) in [5.41, 5.74) is 3.53. The van der Waals surface area contributed by atoms with Crippen LogP contribution in [0.25, 0.3) is 0 Å². The first-order chi connectivity index (χ1) is 22.4. The zero-order valence-corrected chi connectivity index (χ0v) is 28.1. The first-order valence-electron chi connectivity index (χ1n) is 16.3. The van der Waals surface area contributed by atoms with Gasteiger partial charge in [-0.1, -0.05) is 107 Å². The molecule has 7 nitrogen and oxygen atoms in total. The molecule has 9 heteroatoms. The highest BCUT2D eigenvalue weighted by Crippen LogP contribution is 2.26. The number of carbonyl (C=O) groups excluding carboxylic acids is 3. The number of nitrogens with zero attached hydrogens (tertiary/aromatic N) is 1. The van der Waals surface area contributed by atoms with Crippen molar-refractivity contribution in [1.29, 1.82) is 0 Å². The van der Waals surface area contributed by atoms with E-state index < -0.39 is 11.9 Å². The van der Waals surface area contributed by atoms with E-state index in [1.165, 1.54) is 76.5 Å². The van der Waals surface area contributed by atoms with Crippen LogP contribution in [0.2, 0.25) is 10.0 Å². The second-order valence-corrected chi connectivity index (χ2v) is 12.2. The standard InChI is InChI=1S/C37H44Cl2N2O5/c1-2-3-4-5-6-7-8-9-10-11-12-13-14-15-35(42)41-40-27-30-20-25-33(45-36(43)28-16-21-31(38)22-17-28)26-34(30)46-37(44)29-18-23-32(39)24-19-29/h16-27H,2-15H2,1H3,(H,41,42). The van der Waals surface area contributed by atoms with Crippen molar-refractivity contribution in [2.24, 2.45) is 5.10 Å². The number of carbonyl (C=O) groups is 3. The van der Waals surface area contributed by atoms with E-state index in [0.29, 0.717) is 27.6 Å². The van der Waals surface area contributed by atoms with Crippen LogP contribution in [0, 0.1) is 0 Å². The third-order valence-electron chi connectivity index (χ3n) is 7.46. The molecule has 0 spiro atoms. The van der Waals surface area contributed by atoms with Crippen LogP contribution in [-0.2, 0) is 4.79 Å². The molecular weight excluding hydrogens is 623 g/mol. The molecule has 0 aliphatic heterocycles. The minimum atomic E-state index is -0.640. The van der Waals surface area contributed by atoms with Crippen molar-refractivity contribution in [3.8, 4) is 11.5 Å². The van der Waals surface area contributed by atoms with Crippen molar-refractivity contribution in [3.05, 3.63) is 93.5 Å². The molecule has 0 unspecified atom stereocenters. The van der Waals surface area contributed by atoms with Gasteiger partial charge in [-0.3, -0.25) is 4.79 Å². The highest BCUT2D eigenvalue weighted by atomic mass is 35.5. The van der Waals surface area contributed by atoms with E-state index in [9.17, 15) is 14.4 Å². The normalized spacial score (nSPS) is 11.0. The fourth-order valence-corrected chi connectivity index (χ4v) is 5.05. The summed E-state index contributed by atoms with van der Waals surface area (Å²) in [6.07, 6.45) is 17.9. The predicted molar refractivity (Wildman–Crippen MR) is 185 cm³/mol. The number of ether oxygens (including phenoxy) is 2. The number of hydrogen-bond acceptors (Lipinski definition) is 6. The maximum Gasteiger partial charge on any atom is 0.343 e. The van der Waals surface area contributed by atoms with E-state index in [2.05, 4.69) is 17.5 Å². The molecule has 0 saturated carbocycles. The van der Waals surface area contributed by atoms with Gasteiger partial charge in [0.05, 0.1) is 17.3 Å². The third kappa shape index (κ3) is 14.2. The van der Waals surface area contributed by atoms with Gasteiger partial charge in [-0.2, -0.15) is 5.10 Å². The molecule has 3 rings (SSSR count). The number of benzene rings is 3. The molecule has 0 saturated heterocycles. The summed E-state index contributed by atoms with van der Waals surface area (Å²) in [6, 6.07) is 17.1. The Labute approximate surface area is 282 Å². The molecule has 1 amide bonds. The molecule has 0 aromatic heterocycles. The Kier molecular flexibility index (Phi) is 16.9. The average Bonchev–Trinajstić information content (AvgIpc) is 3.04. The Hall–Kier alpha value is -3.68. The highest BCUT2D eigenvalue weighted by molar-refractivity contribution is 6.31. The smallest absolute Gasteiger partial charge is 0.343 e. The number of esters is 2. The minimum Gasteiger partial charge on any atom is -0.423 e. The SMILES string of the molecule is CCCCCCCCCCCCCCCC(=O)NN=Cc1ccc(OC(=O)c2ccc(Cl)cc2)cc1OC(=O)c1ccc(Cl)cc1. The lowest BCUT2D eigenvalue weighted by Gasteiger charge is -2.11. The number of unbranched alkanes of at least 4 members (excludes halogenated alkanes) is 12. The van der Waals surface area contributed by atoms with Crippen molar-refractivity contribution in [2.75, 3.05) is 0 Å². The first kappa shape index (κ1) is 36.8. The van der Waals surface area contributed by atoms with Gasteiger partial charge in [0.1, 0.15) is 11.5 Å². The van der Waals surface area contributed by atoms with Crippen molar-refractivity contribution < 1.29 is 23.9 Å². The van der Waals surface area contributed by atoms with E-state index in [4.69, 9.17) is 32.7 Å². The number of amides is 1. The predicted octanol–water partition coefficient (Wildman–Crippen LogP) is 10.4. The van der Waals surface area contributed by atoms with E-state index >= 15 is 0 Å². The Morgan fingerprint density at radius 3 is 1.65 bits per heavy atom. The summed E-state index contributed by atoms with van der Waals surface area (Å²) in [5.74, 6) is -1.18. The quantitative estimate of drug-likeness (QED) is 0.0426. The van der Waals surface area contributed by atoms with Crippen LogP contribution in [0.4, 0.5) is 0 Å². The summed E-state index contributed by atoms with van der Waals surface area (Å²) >= 11 is 11.9. The number of nitrogens with one attached hydrogen (secondary N) is 1. The molecule has 0 radical (unpaired) electrons. The van der Waals surface area contributed by atoms with Gasteiger partial charge in [0, 0.05) is 28.1 Å². The minimum absolute atomic E-state index is 0.0934. The van der Waals surface area contributed by atoms with Crippen molar-refractivity contribution in [1.82, 2.24) is 5.43 Å². The number of hydrogen-bond donors (Lipinski definition) is 1. The van der Waals surface area contributed by atoms with Crippen LogP contribution in [0.15, 0.2) is 71.8 Å². The molecular formula is C37H44Cl2N2O5. The topological polar surface area (TPSA) is 94.1 Å². The zero-order valence-electron chi connectivity index (χ0n) is 26.6. The lowest BCUT2D eigenvalue weighted by molar-refractivity contribution is -0.121. The average molecular weight is 668 g/mol. The molecule has 0 fully saturated rings. The van der Waals surface area contributed by atoms with Gasteiger partial charge >= 0.3 is 11.9 Å². The molecule has 0 atom stereocenters. The van der Waals surface area contributed by atoms with Crippen LogP contribution < -0.4 is 14.9 Å². The molecule has 3 aromatic carbocycles. The van der Waals surface area contributed by atoms with Crippen LogP contribution in [0.3, 0.4) is 0 Å². The monoisotopic (exact) mass is 666 g/mol. The number of rotatable bonds is 20. The van der Waals surface area contributed by atoms with Gasteiger partial charge in [-0.25, -0.2) is 15.0 Å². The van der Waals surface area contributed by atoms with Crippen molar-refractivity contribution >= 4 is 47.3 Å². The summed E-state index contributed by atoms with van der Waals surface area (Å²) in [7, 11) is 0. The molecule has 0 aliphatic carbocycles. The Morgan fingerprint density at radius 1 is 0.652 bits per heavy atom. The third-order valence-corrected chi connectivity index (χ3v) is 7.96. The van der Waals surface area contributed by atoms with Gasteiger partial charge in [-0.15, -0.1) is 0 Å². The van der Waals surface area contributed by atoms with Crippen LogP contribution in [-0.4, -0.2) is 24.1 Å². The first-order valence-corrected chi connectivity index (χ1v) is 17.0. The van der Waals surface area contributed by atoms with E-state index in [1.54, 1.807) is 60.7 Å². The maximum atomic E-state index is 12.8.